The molecule has 28 heavy (non-hydrogen) atoms. The molecule has 3 rings (SSSR count). The predicted octanol–water partition coefficient (Wildman–Crippen LogP) is -0.744. The second-order valence-electron chi connectivity index (χ2n) is 7.68. The number of amides is 1. The summed E-state index contributed by atoms with van der Waals surface area (Å²) < 4.78 is 27.3. The van der Waals surface area contributed by atoms with Gasteiger partial charge >= 0.3 is 0 Å². The van der Waals surface area contributed by atoms with Crippen molar-refractivity contribution < 1.29 is 23.0 Å². The molecule has 0 spiro atoms. The molecular weight excluding hydrogens is 400 g/mol. The molecule has 7 nitrogen and oxygen atoms in total. The van der Waals surface area contributed by atoms with Gasteiger partial charge in [0, 0.05) is 13.1 Å². The average molecular weight is 431 g/mol. The third-order valence-electron chi connectivity index (χ3n) is 5.74. The summed E-state index contributed by atoms with van der Waals surface area (Å²) in [5.74, 6) is -0.135. The van der Waals surface area contributed by atoms with Crippen LogP contribution in [0.2, 0.25) is 5.02 Å². The number of piperazine rings is 1. The zero-order chi connectivity index (χ0) is 20.1. The average Bonchev–Trinajstić information content (AvgIpc) is 2.70. The molecule has 2 fully saturated rings. The molecule has 2 aliphatic rings. The monoisotopic (exact) mass is 430 g/mol. The number of nitrogens with one attached hydrogen (secondary N) is 3. The summed E-state index contributed by atoms with van der Waals surface area (Å²) >= 11 is 6.22. The molecule has 0 unspecified atom stereocenters. The van der Waals surface area contributed by atoms with E-state index in [0.717, 1.165) is 52.0 Å². The quantitative estimate of drug-likeness (QED) is 0.556. The minimum Gasteiger partial charge on any atom is -0.326 e. The highest BCUT2D eigenvalue weighted by Crippen LogP contribution is 2.28. The summed E-state index contributed by atoms with van der Waals surface area (Å²) in [5.41, 5.74) is 0.363. The number of rotatable bonds is 6. The van der Waals surface area contributed by atoms with Gasteiger partial charge in [0.05, 0.1) is 22.2 Å². The Morgan fingerprint density at radius 3 is 2.39 bits per heavy atom. The van der Waals surface area contributed by atoms with Crippen LogP contribution in [-0.4, -0.2) is 71.0 Å². The van der Waals surface area contributed by atoms with E-state index in [-0.39, 0.29) is 10.8 Å². The summed E-state index contributed by atoms with van der Waals surface area (Å²) in [7, 11) is -3.56. The van der Waals surface area contributed by atoms with Crippen LogP contribution in [0.1, 0.15) is 26.2 Å². The van der Waals surface area contributed by atoms with Gasteiger partial charge in [0.15, 0.2) is 6.54 Å². The number of piperidine rings is 1. The molecule has 2 aliphatic heterocycles. The van der Waals surface area contributed by atoms with E-state index in [0.29, 0.717) is 30.3 Å². The standard InChI is InChI=1S/C19H29ClN4O3S/c1-2-22-10-12-23(13-11-22)15-19(25)21-18-14-16(6-7-17(18)20)28(26,27)24-8-4-3-5-9-24/h6-7,14H,2-5,8-13,15H2,1H3,(H,21,25)/p+2. The Bertz CT molecular complexity index is 788. The molecule has 0 bridgehead atoms. The first-order chi connectivity index (χ1) is 13.4. The van der Waals surface area contributed by atoms with E-state index in [2.05, 4.69) is 12.2 Å². The molecular formula is C19H31ClN4O3S+2. The molecule has 0 radical (unpaired) electrons. The van der Waals surface area contributed by atoms with E-state index in [4.69, 9.17) is 11.6 Å². The topological polar surface area (TPSA) is 75.4 Å². The maximum atomic E-state index is 12.9. The lowest BCUT2D eigenvalue weighted by molar-refractivity contribution is -1.01. The molecule has 1 amide bonds. The van der Waals surface area contributed by atoms with Gasteiger partial charge < -0.3 is 15.1 Å². The highest BCUT2D eigenvalue weighted by Gasteiger charge is 2.27. The number of hydrogen-bond donors (Lipinski definition) is 3. The van der Waals surface area contributed by atoms with Crippen LogP contribution in [0.3, 0.4) is 0 Å². The molecule has 156 valence electrons. The van der Waals surface area contributed by atoms with E-state index in [1.54, 1.807) is 11.0 Å². The molecule has 0 atom stereocenters. The predicted molar refractivity (Wildman–Crippen MR) is 109 cm³/mol. The van der Waals surface area contributed by atoms with Gasteiger partial charge in [0.1, 0.15) is 26.2 Å². The fourth-order valence-corrected chi connectivity index (χ4v) is 5.63. The molecule has 0 aromatic heterocycles. The van der Waals surface area contributed by atoms with Crippen molar-refractivity contribution in [1.29, 1.82) is 0 Å². The number of benzene rings is 1. The van der Waals surface area contributed by atoms with E-state index in [1.165, 1.54) is 21.3 Å². The van der Waals surface area contributed by atoms with Gasteiger partial charge in [-0.25, -0.2) is 8.42 Å². The summed E-state index contributed by atoms with van der Waals surface area (Å²) in [6.45, 7) is 8.83. The van der Waals surface area contributed by atoms with Gasteiger partial charge in [-0.15, -0.1) is 0 Å². The second-order valence-corrected chi connectivity index (χ2v) is 10.0. The Hall–Kier alpha value is -1.19. The van der Waals surface area contributed by atoms with Gasteiger partial charge in [0.25, 0.3) is 5.91 Å². The maximum absolute atomic E-state index is 12.9. The minimum absolute atomic E-state index is 0.135. The first kappa shape index (κ1) is 21.5. The van der Waals surface area contributed by atoms with Crippen LogP contribution < -0.4 is 15.1 Å². The van der Waals surface area contributed by atoms with Gasteiger partial charge in [-0.05, 0) is 38.0 Å². The van der Waals surface area contributed by atoms with Crippen molar-refractivity contribution in [3.05, 3.63) is 23.2 Å². The number of carbonyl (C=O) groups is 1. The Balaban J connectivity index is 1.65. The lowest BCUT2D eigenvalue weighted by atomic mass is 10.2. The van der Waals surface area contributed by atoms with Gasteiger partial charge in [-0.1, -0.05) is 18.0 Å². The van der Waals surface area contributed by atoms with Crippen molar-refractivity contribution in [3.8, 4) is 0 Å². The van der Waals surface area contributed by atoms with E-state index >= 15 is 0 Å². The number of anilines is 1. The fourth-order valence-electron chi connectivity index (χ4n) is 3.92. The zero-order valence-corrected chi connectivity index (χ0v) is 18.0. The Kier molecular flexibility index (Phi) is 7.33. The number of halogens is 1. The van der Waals surface area contributed by atoms with Gasteiger partial charge in [-0.3, -0.25) is 4.79 Å². The lowest BCUT2D eigenvalue weighted by Crippen LogP contribution is -3.28. The number of carbonyl (C=O) groups excluding carboxylic acids is 1. The van der Waals surface area contributed by atoms with Gasteiger partial charge in [0.2, 0.25) is 10.0 Å². The van der Waals surface area contributed by atoms with Crippen LogP contribution >= 0.6 is 11.6 Å². The molecule has 3 N–H and O–H groups in total. The zero-order valence-electron chi connectivity index (χ0n) is 16.5. The fraction of sp³-hybridized carbons (Fsp3) is 0.632. The van der Waals surface area contributed by atoms with Crippen LogP contribution in [0.5, 0.6) is 0 Å². The molecule has 0 saturated carbocycles. The highest BCUT2D eigenvalue weighted by molar-refractivity contribution is 7.89. The molecule has 1 aromatic rings. The van der Waals surface area contributed by atoms with Crippen molar-refractivity contribution >= 4 is 33.2 Å². The van der Waals surface area contributed by atoms with Crippen LogP contribution in [0.25, 0.3) is 0 Å². The Morgan fingerprint density at radius 1 is 1.11 bits per heavy atom. The van der Waals surface area contributed by atoms with Crippen LogP contribution in [-0.2, 0) is 14.8 Å². The van der Waals surface area contributed by atoms with E-state index < -0.39 is 10.0 Å². The van der Waals surface area contributed by atoms with Crippen molar-refractivity contribution in [2.45, 2.75) is 31.1 Å². The van der Waals surface area contributed by atoms with Crippen molar-refractivity contribution in [1.82, 2.24) is 4.31 Å². The van der Waals surface area contributed by atoms with Crippen LogP contribution in [0, 0.1) is 0 Å². The van der Waals surface area contributed by atoms with Crippen LogP contribution in [0.15, 0.2) is 23.1 Å². The van der Waals surface area contributed by atoms with Crippen molar-refractivity contribution in [2.24, 2.45) is 0 Å². The van der Waals surface area contributed by atoms with Gasteiger partial charge in [-0.2, -0.15) is 4.31 Å². The number of likely N-dealkylation sites (N-methyl/N-ethyl adjacent to an activating group) is 1. The summed E-state index contributed by atoms with van der Waals surface area (Å²) in [6.07, 6.45) is 2.82. The first-order valence-electron chi connectivity index (χ1n) is 10.2. The molecule has 9 heteroatoms. The summed E-state index contributed by atoms with van der Waals surface area (Å²) in [4.78, 5) is 15.5. The summed E-state index contributed by atoms with van der Waals surface area (Å²) in [5, 5.41) is 3.16. The Labute approximate surface area is 172 Å². The number of sulfonamides is 1. The lowest BCUT2D eigenvalue weighted by Gasteiger charge is -2.28. The van der Waals surface area contributed by atoms with E-state index in [9.17, 15) is 13.2 Å². The molecule has 2 saturated heterocycles. The number of quaternary nitrogens is 2. The third kappa shape index (κ3) is 5.24. The summed E-state index contributed by atoms with van der Waals surface area (Å²) in [6, 6.07) is 4.54. The smallest absolute Gasteiger partial charge is 0.279 e. The molecule has 2 heterocycles. The third-order valence-corrected chi connectivity index (χ3v) is 7.96. The SMILES string of the molecule is CC[NH+]1CC[NH+](CC(=O)Nc2cc(S(=O)(=O)N3CCCCC3)ccc2Cl)CC1. The van der Waals surface area contributed by atoms with Crippen molar-refractivity contribution in [2.75, 3.05) is 57.7 Å². The largest absolute Gasteiger partial charge is 0.326 e. The van der Waals surface area contributed by atoms with E-state index in [1.807, 2.05) is 0 Å². The highest BCUT2D eigenvalue weighted by atomic mass is 35.5. The normalized spacial score (nSPS) is 24.1. The minimum atomic E-state index is -3.56. The Morgan fingerprint density at radius 2 is 1.75 bits per heavy atom. The molecule has 0 aliphatic carbocycles. The second kappa shape index (κ2) is 9.54. The van der Waals surface area contributed by atoms with Crippen molar-refractivity contribution in [3.63, 3.8) is 0 Å². The number of hydrogen-bond acceptors (Lipinski definition) is 3. The first-order valence-corrected chi connectivity index (χ1v) is 12.0. The number of nitrogens with zero attached hydrogens (tertiary/aromatic N) is 1. The maximum Gasteiger partial charge on any atom is 0.279 e. The van der Waals surface area contributed by atoms with Crippen LogP contribution in [0.4, 0.5) is 5.69 Å². The molecule has 1 aromatic carbocycles.